The van der Waals surface area contributed by atoms with E-state index in [1.807, 2.05) is 6.92 Å². The van der Waals surface area contributed by atoms with Crippen molar-refractivity contribution < 1.29 is 13.4 Å². The molecule has 2 N–H and O–H groups in total. The maximum absolute atomic E-state index is 13.0. The number of halogens is 1. The number of carbonyl (C=O) groups is 1. The Bertz CT molecular complexity index is 1020. The highest BCUT2D eigenvalue weighted by Gasteiger charge is 2.37. The molecule has 0 aliphatic carbocycles. The lowest BCUT2D eigenvalue weighted by atomic mass is 9.94. The summed E-state index contributed by atoms with van der Waals surface area (Å²) in [6.07, 6.45) is 4.23. The summed E-state index contributed by atoms with van der Waals surface area (Å²) < 4.78 is 27.1. The molecule has 27 heavy (non-hydrogen) atoms. The third kappa shape index (κ3) is 3.82. The number of pyridine rings is 2. The smallest absolute Gasteiger partial charge is 0.203 e. The molecule has 3 rings (SSSR count). The fourth-order valence-electron chi connectivity index (χ4n) is 2.91. The van der Waals surface area contributed by atoms with E-state index in [0.29, 0.717) is 11.1 Å². The molecule has 9 heteroatoms. The minimum absolute atomic E-state index is 0.0500. The number of carbonyl (C=O) groups excluding carboxylic acids is 1. The number of nitrogens with zero attached hydrogens (tertiary/aromatic N) is 4. The van der Waals surface area contributed by atoms with Gasteiger partial charge in [0.25, 0.3) is 0 Å². The lowest BCUT2D eigenvalue weighted by molar-refractivity contribution is 0.0988. The van der Waals surface area contributed by atoms with Crippen LogP contribution in [0.5, 0.6) is 0 Å². The molecule has 7 nitrogen and oxygen atoms in total. The minimum atomic E-state index is -2.61. The molecule has 3 heterocycles. The van der Waals surface area contributed by atoms with Crippen molar-refractivity contribution >= 4 is 27.3 Å². The van der Waals surface area contributed by atoms with Gasteiger partial charge in [-0.3, -0.25) is 19.1 Å². The quantitative estimate of drug-likeness (QED) is 0.624. The van der Waals surface area contributed by atoms with Gasteiger partial charge < -0.3 is 5.73 Å². The molecule has 1 unspecified atom stereocenters. The predicted octanol–water partition coefficient (Wildman–Crippen LogP) is 1.15. The van der Waals surface area contributed by atoms with Crippen LogP contribution in [-0.2, 0) is 21.7 Å². The van der Waals surface area contributed by atoms with Gasteiger partial charge >= 0.3 is 0 Å². The molecular formula is C18H20FN5O2S. The van der Waals surface area contributed by atoms with E-state index >= 15 is 0 Å². The van der Waals surface area contributed by atoms with Crippen molar-refractivity contribution in [2.24, 2.45) is 10.7 Å². The number of nitrogens with two attached hydrogens (primary N) is 1. The average molecular weight is 389 g/mol. The van der Waals surface area contributed by atoms with Crippen LogP contribution in [0.25, 0.3) is 0 Å². The number of aliphatic imine (C=N–C) groups is 1. The zero-order valence-corrected chi connectivity index (χ0v) is 15.9. The number of rotatable bonds is 4. The van der Waals surface area contributed by atoms with Gasteiger partial charge in [-0.05, 0) is 42.1 Å². The number of aromatic nitrogens is 2. The van der Waals surface area contributed by atoms with E-state index < -0.39 is 21.1 Å². The molecule has 0 radical (unpaired) electrons. The van der Waals surface area contributed by atoms with Crippen LogP contribution in [-0.4, -0.2) is 48.9 Å². The molecule has 1 aliphatic rings. The summed E-state index contributed by atoms with van der Waals surface area (Å²) in [7, 11) is -1.02. The van der Waals surface area contributed by atoms with E-state index in [1.54, 1.807) is 25.5 Å². The first-order valence-electron chi connectivity index (χ1n) is 8.14. The van der Waals surface area contributed by atoms with E-state index in [2.05, 4.69) is 20.8 Å². The number of guanidine groups is 1. The molecule has 1 aliphatic heterocycles. The van der Waals surface area contributed by atoms with Crippen LogP contribution < -0.4 is 5.73 Å². The van der Waals surface area contributed by atoms with E-state index in [1.165, 1.54) is 16.4 Å². The Kier molecular flexibility index (Phi) is 4.73. The second kappa shape index (κ2) is 6.73. The average Bonchev–Trinajstić information content (AvgIpc) is 2.60. The molecule has 2 atom stereocenters. The maximum atomic E-state index is 13.0. The standard InChI is InChI=1S/C18H20FN5O2S/c1-18(11-27(3,26)24(2)17(20)23-18)13-6-12(8-21-9-13)7-16(25)15-5-4-14(19)10-22-15/h4-6,8-10H,3,7,11H2,1-2H3,(H2,20,23)/t18-,27?/m0/s1. The van der Waals surface area contributed by atoms with Crippen molar-refractivity contribution in [3.63, 3.8) is 0 Å². The normalized spacial score (nSPS) is 25.1. The van der Waals surface area contributed by atoms with Gasteiger partial charge in [-0.15, -0.1) is 0 Å². The Morgan fingerprint density at radius 3 is 2.78 bits per heavy atom. The van der Waals surface area contributed by atoms with E-state index in [0.717, 1.165) is 6.20 Å². The molecule has 2 aromatic rings. The van der Waals surface area contributed by atoms with Crippen LogP contribution in [0.4, 0.5) is 4.39 Å². The van der Waals surface area contributed by atoms with Crippen LogP contribution in [0.3, 0.4) is 0 Å². The third-order valence-electron chi connectivity index (χ3n) is 4.48. The fourth-order valence-corrected chi connectivity index (χ4v) is 4.59. The SMILES string of the molecule is C=S1(=O)C[C@@](C)(c2cncc(CC(=O)c3ccc(F)cn3)c2)N=C(N)N1C. The van der Waals surface area contributed by atoms with Crippen LogP contribution >= 0.6 is 0 Å². The highest BCUT2D eigenvalue weighted by Crippen LogP contribution is 2.31. The van der Waals surface area contributed by atoms with Crippen molar-refractivity contribution in [3.8, 4) is 0 Å². The zero-order chi connectivity index (χ0) is 19.8. The van der Waals surface area contributed by atoms with E-state index in [4.69, 9.17) is 5.73 Å². The van der Waals surface area contributed by atoms with Gasteiger partial charge in [0, 0.05) is 25.9 Å². The second-order valence-electron chi connectivity index (χ2n) is 6.70. The Balaban J connectivity index is 1.89. The highest BCUT2D eigenvalue weighted by atomic mass is 32.2. The molecule has 0 saturated carbocycles. The summed E-state index contributed by atoms with van der Waals surface area (Å²) in [6, 6.07) is 4.32. The molecular weight excluding hydrogens is 369 g/mol. The largest absolute Gasteiger partial charge is 0.369 e. The van der Waals surface area contributed by atoms with Crippen LogP contribution in [0.2, 0.25) is 0 Å². The fraction of sp³-hybridized carbons (Fsp3) is 0.278. The van der Waals surface area contributed by atoms with Gasteiger partial charge in [0.1, 0.15) is 17.1 Å². The first-order chi connectivity index (χ1) is 12.6. The van der Waals surface area contributed by atoms with Gasteiger partial charge in [-0.1, -0.05) is 0 Å². The van der Waals surface area contributed by atoms with Crippen LogP contribution in [0, 0.1) is 5.82 Å². The topological polar surface area (TPSA) is 102 Å². The van der Waals surface area contributed by atoms with Crippen molar-refractivity contribution in [1.82, 2.24) is 14.3 Å². The van der Waals surface area contributed by atoms with Crippen molar-refractivity contribution in [2.75, 3.05) is 12.8 Å². The summed E-state index contributed by atoms with van der Waals surface area (Å²) in [4.78, 5) is 24.8. The zero-order valence-electron chi connectivity index (χ0n) is 15.1. The van der Waals surface area contributed by atoms with Gasteiger partial charge in [-0.25, -0.2) is 13.6 Å². The van der Waals surface area contributed by atoms with E-state index in [9.17, 15) is 13.4 Å². The Hall–Kier alpha value is -2.81. The number of hydrogen-bond donors (Lipinski definition) is 1. The van der Waals surface area contributed by atoms with E-state index in [-0.39, 0.29) is 29.6 Å². The molecule has 0 saturated heterocycles. The van der Waals surface area contributed by atoms with Crippen LogP contribution in [0.1, 0.15) is 28.5 Å². The van der Waals surface area contributed by atoms with Crippen LogP contribution in [0.15, 0.2) is 41.8 Å². The second-order valence-corrected chi connectivity index (χ2v) is 9.08. The highest BCUT2D eigenvalue weighted by molar-refractivity contribution is 7.98. The number of Topliss-reactive ketones (excluding diaryl/α,β-unsaturated/α-hetero) is 1. The Labute approximate surface area is 157 Å². The predicted molar refractivity (Wildman–Crippen MR) is 103 cm³/mol. The summed E-state index contributed by atoms with van der Waals surface area (Å²) in [5.74, 6) is 3.33. The summed E-state index contributed by atoms with van der Waals surface area (Å²) in [5.41, 5.74) is 6.56. The summed E-state index contributed by atoms with van der Waals surface area (Å²) in [5, 5.41) is 0. The number of hydrogen-bond acceptors (Lipinski definition) is 6. The Morgan fingerprint density at radius 2 is 2.15 bits per heavy atom. The van der Waals surface area contributed by atoms with Crippen molar-refractivity contribution in [1.29, 1.82) is 0 Å². The Morgan fingerprint density at radius 1 is 1.41 bits per heavy atom. The molecule has 0 amide bonds. The molecule has 142 valence electrons. The summed E-state index contributed by atoms with van der Waals surface area (Å²) in [6.45, 7) is 1.81. The van der Waals surface area contributed by atoms with Crippen molar-refractivity contribution in [2.45, 2.75) is 18.9 Å². The van der Waals surface area contributed by atoms with Gasteiger partial charge in [-0.2, -0.15) is 0 Å². The molecule has 2 aromatic heterocycles. The van der Waals surface area contributed by atoms with Gasteiger partial charge in [0.15, 0.2) is 5.78 Å². The van der Waals surface area contributed by atoms with Crippen molar-refractivity contribution in [3.05, 3.63) is 59.4 Å². The number of ketones is 1. The maximum Gasteiger partial charge on any atom is 0.203 e. The minimum Gasteiger partial charge on any atom is -0.369 e. The first-order valence-corrected chi connectivity index (χ1v) is 9.99. The third-order valence-corrected chi connectivity index (χ3v) is 6.68. The molecule has 0 fully saturated rings. The lowest BCUT2D eigenvalue weighted by Gasteiger charge is -2.37. The molecule has 0 bridgehead atoms. The van der Waals surface area contributed by atoms with Gasteiger partial charge in [0.05, 0.1) is 21.7 Å². The first kappa shape index (κ1) is 19.0. The van der Waals surface area contributed by atoms with Gasteiger partial charge in [0.2, 0.25) is 5.96 Å². The molecule has 0 spiro atoms. The summed E-state index contributed by atoms with van der Waals surface area (Å²) >= 11 is 0. The lowest BCUT2D eigenvalue weighted by Crippen LogP contribution is -2.50. The monoisotopic (exact) mass is 389 g/mol. The molecule has 0 aromatic carbocycles.